The second kappa shape index (κ2) is 7.36. The number of aliphatic imine (C=N–C) groups is 1. The van der Waals surface area contributed by atoms with Crippen LogP contribution in [0.3, 0.4) is 0 Å². The summed E-state index contributed by atoms with van der Waals surface area (Å²) < 4.78 is 15.7. The van der Waals surface area contributed by atoms with Crippen molar-refractivity contribution in [3.05, 3.63) is 44.1 Å². The van der Waals surface area contributed by atoms with E-state index in [2.05, 4.69) is 9.98 Å². The van der Waals surface area contributed by atoms with Gasteiger partial charge in [0.2, 0.25) is 11.6 Å². The van der Waals surface area contributed by atoms with Gasteiger partial charge in [-0.2, -0.15) is 0 Å². The summed E-state index contributed by atoms with van der Waals surface area (Å²) >= 11 is 0. The van der Waals surface area contributed by atoms with Crippen molar-refractivity contribution >= 4 is 6.21 Å². The zero-order chi connectivity index (χ0) is 17.7. The van der Waals surface area contributed by atoms with Gasteiger partial charge in [0.25, 0.3) is 5.56 Å². The maximum Gasteiger partial charge on any atom is 0.328 e. The summed E-state index contributed by atoms with van der Waals surface area (Å²) in [5, 5.41) is 9.58. The molecule has 0 atom stereocenters. The van der Waals surface area contributed by atoms with E-state index in [1.54, 1.807) is 12.1 Å². The molecule has 0 saturated heterocycles. The zero-order valence-corrected chi connectivity index (χ0v) is 13.4. The van der Waals surface area contributed by atoms with Crippen molar-refractivity contribution in [3.63, 3.8) is 0 Å². The minimum Gasteiger partial charge on any atom is -0.494 e. The van der Waals surface area contributed by atoms with Gasteiger partial charge in [0, 0.05) is 6.21 Å². The highest BCUT2D eigenvalue weighted by Gasteiger charge is 2.13. The topological polar surface area (TPSA) is 126 Å². The van der Waals surface area contributed by atoms with Crippen molar-refractivity contribution in [2.75, 3.05) is 21.3 Å². The third-order valence-corrected chi connectivity index (χ3v) is 3.18. The Bertz CT molecular complexity index is 843. The number of H-pyrrole nitrogens is 2. The third-order valence-electron chi connectivity index (χ3n) is 3.18. The summed E-state index contributed by atoms with van der Waals surface area (Å²) in [5.74, 6) is 0.874. The predicted molar refractivity (Wildman–Crippen MR) is 86.7 cm³/mol. The molecule has 9 heteroatoms. The van der Waals surface area contributed by atoms with Gasteiger partial charge in [0.1, 0.15) is 5.56 Å². The smallest absolute Gasteiger partial charge is 0.328 e. The Morgan fingerprint density at radius 1 is 1.08 bits per heavy atom. The second-order valence-corrected chi connectivity index (χ2v) is 4.67. The summed E-state index contributed by atoms with van der Waals surface area (Å²) in [6.07, 6.45) is 1.17. The molecule has 2 rings (SSSR count). The van der Waals surface area contributed by atoms with Gasteiger partial charge in [-0.1, -0.05) is 0 Å². The molecule has 0 unspecified atom stereocenters. The van der Waals surface area contributed by atoms with E-state index in [9.17, 15) is 14.7 Å². The number of aromatic nitrogens is 2. The first kappa shape index (κ1) is 17.1. The van der Waals surface area contributed by atoms with Crippen molar-refractivity contribution in [2.45, 2.75) is 6.54 Å². The van der Waals surface area contributed by atoms with Gasteiger partial charge in [-0.25, -0.2) is 4.79 Å². The number of nitrogens with zero attached hydrogens (tertiary/aromatic N) is 1. The van der Waals surface area contributed by atoms with Crippen LogP contribution in [0.2, 0.25) is 0 Å². The lowest BCUT2D eigenvalue weighted by Crippen LogP contribution is -2.24. The van der Waals surface area contributed by atoms with Crippen LogP contribution in [0, 0.1) is 0 Å². The van der Waals surface area contributed by atoms with E-state index in [1.165, 1.54) is 27.5 Å². The highest BCUT2D eigenvalue weighted by Crippen LogP contribution is 2.38. The molecule has 0 bridgehead atoms. The van der Waals surface area contributed by atoms with Gasteiger partial charge in [-0.15, -0.1) is 0 Å². The highest BCUT2D eigenvalue weighted by molar-refractivity contribution is 5.81. The molecule has 1 heterocycles. The van der Waals surface area contributed by atoms with Gasteiger partial charge >= 0.3 is 5.69 Å². The monoisotopic (exact) mass is 335 g/mol. The summed E-state index contributed by atoms with van der Waals surface area (Å²) in [4.78, 5) is 30.8. The van der Waals surface area contributed by atoms with Crippen molar-refractivity contribution in [1.82, 2.24) is 9.97 Å². The van der Waals surface area contributed by atoms with Crippen LogP contribution in [0.15, 0.2) is 26.7 Å². The molecule has 0 spiro atoms. The SMILES string of the molecule is COc1cc(CN=Cc2c(O)[nH]c(=O)[nH]c2=O)cc(OC)c1OC. The summed E-state index contributed by atoms with van der Waals surface area (Å²) in [5.41, 5.74) is -0.924. The van der Waals surface area contributed by atoms with E-state index in [4.69, 9.17) is 14.2 Å². The normalized spacial score (nSPS) is 10.8. The first-order chi connectivity index (χ1) is 11.5. The van der Waals surface area contributed by atoms with Crippen LogP contribution < -0.4 is 25.5 Å². The molecule has 0 aliphatic rings. The van der Waals surface area contributed by atoms with E-state index < -0.39 is 17.1 Å². The number of rotatable bonds is 6. The van der Waals surface area contributed by atoms with Gasteiger partial charge in [-0.05, 0) is 17.7 Å². The fourth-order valence-corrected chi connectivity index (χ4v) is 2.07. The highest BCUT2D eigenvalue weighted by atomic mass is 16.5. The van der Waals surface area contributed by atoms with Crippen molar-refractivity contribution in [2.24, 2.45) is 4.99 Å². The lowest BCUT2D eigenvalue weighted by molar-refractivity contribution is 0.324. The number of methoxy groups -OCH3 is 3. The fraction of sp³-hybridized carbons (Fsp3) is 0.267. The van der Waals surface area contributed by atoms with E-state index in [1.807, 2.05) is 4.98 Å². The van der Waals surface area contributed by atoms with E-state index in [-0.39, 0.29) is 12.1 Å². The number of nitrogens with one attached hydrogen (secondary N) is 2. The molecule has 1 aromatic heterocycles. The lowest BCUT2D eigenvalue weighted by Gasteiger charge is -2.13. The maximum atomic E-state index is 11.6. The lowest BCUT2D eigenvalue weighted by atomic mass is 10.2. The molecule has 0 aliphatic carbocycles. The number of benzene rings is 1. The Hall–Kier alpha value is -3.23. The first-order valence-electron chi connectivity index (χ1n) is 6.84. The quantitative estimate of drug-likeness (QED) is 0.657. The van der Waals surface area contributed by atoms with Crippen LogP contribution in [0.25, 0.3) is 0 Å². The molecule has 128 valence electrons. The molecule has 0 saturated carbocycles. The van der Waals surface area contributed by atoms with Crippen LogP contribution >= 0.6 is 0 Å². The zero-order valence-electron chi connectivity index (χ0n) is 13.4. The molecule has 0 amide bonds. The molecule has 0 radical (unpaired) electrons. The minimum absolute atomic E-state index is 0.137. The van der Waals surface area contributed by atoms with Gasteiger partial charge < -0.3 is 19.3 Å². The minimum atomic E-state index is -0.792. The standard InChI is InChI=1S/C15H17N3O6/c1-22-10-4-8(5-11(23-2)12(10)24-3)6-16-7-9-13(19)17-15(21)18-14(9)20/h4-5,7H,6H2,1-3H3,(H3,17,18,19,20,21). The molecule has 0 fully saturated rings. The number of hydrogen-bond donors (Lipinski definition) is 3. The largest absolute Gasteiger partial charge is 0.494 e. The molecular weight excluding hydrogens is 318 g/mol. The molecular formula is C15H17N3O6. The second-order valence-electron chi connectivity index (χ2n) is 4.67. The van der Waals surface area contributed by atoms with Crippen LogP contribution in [-0.2, 0) is 6.54 Å². The predicted octanol–water partition coefficient (Wildman–Crippen LogP) is 0.414. The maximum absolute atomic E-state index is 11.6. The van der Waals surface area contributed by atoms with E-state index in [0.717, 1.165) is 5.56 Å². The number of aromatic hydroxyl groups is 1. The number of hydrogen-bond acceptors (Lipinski definition) is 7. The Balaban J connectivity index is 2.29. The number of ether oxygens (including phenoxy) is 3. The van der Waals surface area contributed by atoms with Crippen LogP contribution in [0.4, 0.5) is 0 Å². The molecule has 2 aromatic rings. The van der Waals surface area contributed by atoms with Crippen molar-refractivity contribution in [1.29, 1.82) is 0 Å². The van der Waals surface area contributed by atoms with Crippen LogP contribution in [0.5, 0.6) is 23.1 Å². The molecule has 9 nitrogen and oxygen atoms in total. The van der Waals surface area contributed by atoms with Gasteiger partial charge in [0.15, 0.2) is 11.5 Å². The van der Waals surface area contributed by atoms with Gasteiger partial charge in [-0.3, -0.25) is 19.8 Å². The molecule has 3 N–H and O–H groups in total. The van der Waals surface area contributed by atoms with E-state index in [0.29, 0.717) is 17.2 Å². The number of aromatic amines is 2. The van der Waals surface area contributed by atoms with Crippen LogP contribution in [0.1, 0.15) is 11.1 Å². The average molecular weight is 335 g/mol. The Morgan fingerprint density at radius 3 is 2.21 bits per heavy atom. The van der Waals surface area contributed by atoms with Crippen molar-refractivity contribution < 1.29 is 19.3 Å². The summed E-state index contributed by atoms with van der Waals surface area (Å²) in [7, 11) is 4.51. The van der Waals surface area contributed by atoms with Crippen LogP contribution in [-0.4, -0.2) is 42.6 Å². The molecule has 0 aliphatic heterocycles. The molecule has 24 heavy (non-hydrogen) atoms. The molecule has 1 aromatic carbocycles. The fourth-order valence-electron chi connectivity index (χ4n) is 2.07. The third kappa shape index (κ3) is 3.57. The summed E-state index contributed by atoms with van der Waals surface area (Å²) in [6.45, 7) is 0.189. The average Bonchev–Trinajstić information content (AvgIpc) is 2.56. The Kier molecular flexibility index (Phi) is 5.25. The Labute approximate surface area is 136 Å². The van der Waals surface area contributed by atoms with E-state index >= 15 is 0 Å². The summed E-state index contributed by atoms with van der Waals surface area (Å²) in [6, 6.07) is 3.44. The first-order valence-corrected chi connectivity index (χ1v) is 6.84. The van der Waals surface area contributed by atoms with Crippen molar-refractivity contribution in [3.8, 4) is 23.1 Å². The Morgan fingerprint density at radius 2 is 1.71 bits per heavy atom. The van der Waals surface area contributed by atoms with Gasteiger partial charge in [0.05, 0.1) is 27.9 Å².